The molecule has 23 heavy (non-hydrogen) atoms. The zero-order valence-electron chi connectivity index (χ0n) is 13.2. The third-order valence-corrected chi connectivity index (χ3v) is 4.84. The van der Waals surface area contributed by atoms with E-state index in [1.54, 1.807) is 4.90 Å². The van der Waals surface area contributed by atoms with Gasteiger partial charge in [-0.3, -0.25) is 9.59 Å². The predicted molar refractivity (Wildman–Crippen MR) is 87.6 cm³/mol. The van der Waals surface area contributed by atoms with E-state index in [2.05, 4.69) is 5.32 Å². The molecule has 0 spiro atoms. The molecule has 1 atom stereocenters. The quantitative estimate of drug-likeness (QED) is 0.904. The lowest BCUT2D eigenvalue weighted by molar-refractivity contribution is -0.134. The fourth-order valence-electron chi connectivity index (χ4n) is 2.64. The van der Waals surface area contributed by atoms with Crippen LogP contribution in [0.2, 0.25) is 0 Å². The molecule has 0 unspecified atom stereocenters. The first-order valence-electron chi connectivity index (χ1n) is 7.64. The first kappa shape index (κ1) is 16.0. The normalized spacial score (nSPS) is 20.0. The van der Waals surface area contributed by atoms with Gasteiger partial charge < -0.3 is 19.7 Å². The molecule has 7 heteroatoms. The highest BCUT2D eigenvalue weighted by Gasteiger charge is 2.34. The van der Waals surface area contributed by atoms with Gasteiger partial charge in [-0.15, -0.1) is 11.8 Å². The Labute approximate surface area is 139 Å². The number of rotatable bonds is 4. The van der Waals surface area contributed by atoms with Crippen molar-refractivity contribution in [2.24, 2.45) is 0 Å². The number of hydrogen-bond acceptors (Lipinski definition) is 5. The Morgan fingerprint density at radius 3 is 2.83 bits per heavy atom. The van der Waals surface area contributed by atoms with E-state index in [0.29, 0.717) is 24.7 Å². The number of nitrogens with zero attached hydrogens (tertiary/aromatic N) is 1. The Hall–Kier alpha value is -1.89. The molecule has 2 amide bonds. The second kappa shape index (κ2) is 6.70. The summed E-state index contributed by atoms with van der Waals surface area (Å²) in [6, 6.07) is 5.75. The number of ether oxygens (including phenoxy) is 2. The van der Waals surface area contributed by atoms with Gasteiger partial charge in [0.05, 0.1) is 5.75 Å². The Morgan fingerprint density at radius 1 is 1.35 bits per heavy atom. The summed E-state index contributed by atoms with van der Waals surface area (Å²) < 4.78 is 11.1. The largest absolute Gasteiger partial charge is 0.486 e. The highest BCUT2D eigenvalue weighted by molar-refractivity contribution is 8.00. The molecule has 0 bridgehead atoms. The number of amides is 2. The van der Waals surface area contributed by atoms with Crippen LogP contribution in [0.1, 0.15) is 24.8 Å². The van der Waals surface area contributed by atoms with E-state index in [4.69, 9.17) is 9.47 Å². The maximum atomic E-state index is 12.1. The fraction of sp³-hybridized carbons (Fsp3) is 0.500. The summed E-state index contributed by atoms with van der Waals surface area (Å²) in [7, 11) is 0. The number of nitrogens with one attached hydrogen (secondary N) is 1. The van der Waals surface area contributed by atoms with Crippen LogP contribution in [0.15, 0.2) is 18.2 Å². The lowest BCUT2D eigenvalue weighted by Crippen LogP contribution is -2.41. The van der Waals surface area contributed by atoms with Crippen LogP contribution in [0.25, 0.3) is 0 Å². The van der Waals surface area contributed by atoms with Gasteiger partial charge in [-0.05, 0) is 31.5 Å². The minimum Gasteiger partial charge on any atom is -0.486 e. The van der Waals surface area contributed by atoms with Crippen molar-refractivity contribution in [3.63, 3.8) is 0 Å². The van der Waals surface area contributed by atoms with Crippen molar-refractivity contribution in [3.05, 3.63) is 23.8 Å². The summed E-state index contributed by atoms with van der Waals surface area (Å²) in [5, 5.41) is 2.66. The smallest absolute Gasteiger partial charge is 0.239 e. The van der Waals surface area contributed by atoms with Crippen LogP contribution in [0.4, 0.5) is 0 Å². The summed E-state index contributed by atoms with van der Waals surface area (Å²) in [5.74, 6) is 1.64. The van der Waals surface area contributed by atoms with E-state index >= 15 is 0 Å². The van der Waals surface area contributed by atoms with Crippen molar-refractivity contribution in [2.45, 2.75) is 25.3 Å². The number of fused-ring (bicyclic) bond motifs is 1. The number of carbonyl (C=O) groups excluding carboxylic acids is 2. The first-order valence-corrected chi connectivity index (χ1v) is 8.69. The Balaban J connectivity index is 1.77. The number of benzene rings is 1. The van der Waals surface area contributed by atoms with Crippen LogP contribution in [-0.4, -0.2) is 48.3 Å². The SMILES string of the molecule is CC(C)NC(=O)CN1C(=O)CS[C@H]1c1ccc2c(c1)OCCO2. The summed E-state index contributed by atoms with van der Waals surface area (Å²) in [6.07, 6.45) is 0. The van der Waals surface area contributed by atoms with E-state index in [1.807, 2.05) is 32.0 Å². The molecule has 1 saturated heterocycles. The number of carbonyl (C=O) groups is 2. The maximum absolute atomic E-state index is 12.1. The zero-order valence-corrected chi connectivity index (χ0v) is 14.0. The summed E-state index contributed by atoms with van der Waals surface area (Å²) in [5.41, 5.74) is 0.947. The van der Waals surface area contributed by atoms with E-state index in [0.717, 1.165) is 11.3 Å². The molecule has 2 aliphatic rings. The predicted octanol–water partition coefficient (Wildman–Crippen LogP) is 1.56. The van der Waals surface area contributed by atoms with Crippen LogP contribution in [-0.2, 0) is 9.59 Å². The molecule has 2 heterocycles. The first-order chi connectivity index (χ1) is 11.0. The molecule has 1 N–H and O–H groups in total. The standard InChI is InChI=1S/C16H20N2O4S/c1-10(2)17-14(19)8-18-15(20)9-23-16(18)11-3-4-12-13(7-11)22-6-5-21-12/h3-4,7,10,16H,5-6,8-9H2,1-2H3,(H,17,19)/t16-/m0/s1. The lowest BCUT2D eigenvalue weighted by atomic mass is 10.1. The molecule has 2 aliphatic heterocycles. The molecule has 1 aromatic rings. The fourth-order valence-corrected chi connectivity index (χ4v) is 3.81. The minimum atomic E-state index is -0.170. The summed E-state index contributed by atoms with van der Waals surface area (Å²) in [6.45, 7) is 4.94. The van der Waals surface area contributed by atoms with E-state index in [-0.39, 0.29) is 29.8 Å². The molecule has 6 nitrogen and oxygen atoms in total. The molecular formula is C16H20N2O4S. The van der Waals surface area contributed by atoms with Gasteiger partial charge in [0.15, 0.2) is 11.5 Å². The second-order valence-corrected chi connectivity index (χ2v) is 6.88. The minimum absolute atomic E-state index is 0.0196. The van der Waals surface area contributed by atoms with Gasteiger partial charge in [-0.2, -0.15) is 0 Å². The summed E-state index contributed by atoms with van der Waals surface area (Å²) in [4.78, 5) is 25.8. The van der Waals surface area contributed by atoms with Gasteiger partial charge in [0.25, 0.3) is 0 Å². The lowest BCUT2D eigenvalue weighted by Gasteiger charge is -2.26. The van der Waals surface area contributed by atoms with Crippen LogP contribution >= 0.6 is 11.8 Å². The molecule has 0 saturated carbocycles. The zero-order chi connectivity index (χ0) is 16.4. The Morgan fingerprint density at radius 2 is 2.09 bits per heavy atom. The van der Waals surface area contributed by atoms with Gasteiger partial charge in [0, 0.05) is 6.04 Å². The van der Waals surface area contributed by atoms with E-state index in [1.165, 1.54) is 11.8 Å². The molecule has 0 aromatic heterocycles. The van der Waals surface area contributed by atoms with Crippen molar-refractivity contribution >= 4 is 23.6 Å². The van der Waals surface area contributed by atoms with Crippen molar-refractivity contribution < 1.29 is 19.1 Å². The highest BCUT2D eigenvalue weighted by atomic mass is 32.2. The molecule has 0 aliphatic carbocycles. The number of hydrogen-bond donors (Lipinski definition) is 1. The highest BCUT2D eigenvalue weighted by Crippen LogP contribution is 2.41. The molecule has 3 rings (SSSR count). The van der Waals surface area contributed by atoms with Crippen LogP contribution in [0.3, 0.4) is 0 Å². The third kappa shape index (κ3) is 3.55. The average Bonchev–Trinajstić information content (AvgIpc) is 2.87. The Bertz CT molecular complexity index is 620. The monoisotopic (exact) mass is 336 g/mol. The van der Waals surface area contributed by atoms with Crippen LogP contribution in [0.5, 0.6) is 11.5 Å². The number of thioether (sulfide) groups is 1. The Kier molecular flexibility index (Phi) is 4.66. The maximum Gasteiger partial charge on any atom is 0.239 e. The van der Waals surface area contributed by atoms with Gasteiger partial charge >= 0.3 is 0 Å². The molecule has 124 valence electrons. The van der Waals surface area contributed by atoms with E-state index in [9.17, 15) is 9.59 Å². The van der Waals surface area contributed by atoms with Crippen molar-refractivity contribution in [3.8, 4) is 11.5 Å². The molecule has 0 radical (unpaired) electrons. The molecule has 1 fully saturated rings. The van der Waals surface area contributed by atoms with Gasteiger partial charge in [-0.1, -0.05) is 6.07 Å². The van der Waals surface area contributed by atoms with Crippen molar-refractivity contribution in [2.75, 3.05) is 25.5 Å². The van der Waals surface area contributed by atoms with Gasteiger partial charge in [0.1, 0.15) is 25.1 Å². The summed E-state index contributed by atoms with van der Waals surface area (Å²) >= 11 is 1.52. The van der Waals surface area contributed by atoms with Crippen LogP contribution < -0.4 is 14.8 Å². The second-order valence-electron chi connectivity index (χ2n) is 5.81. The van der Waals surface area contributed by atoms with Crippen LogP contribution in [0, 0.1) is 0 Å². The third-order valence-electron chi connectivity index (χ3n) is 3.58. The van der Waals surface area contributed by atoms with Gasteiger partial charge in [-0.25, -0.2) is 0 Å². The topological polar surface area (TPSA) is 67.9 Å². The van der Waals surface area contributed by atoms with Gasteiger partial charge in [0.2, 0.25) is 11.8 Å². The average molecular weight is 336 g/mol. The molecular weight excluding hydrogens is 316 g/mol. The van der Waals surface area contributed by atoms with Crippen molar-refractivity contribution in [1.29, 1.82) is 0 Å². The van der Waals surface area contributed by atoms with Crippen molar-refractivity contribution in [1.82, 2.24) is 10.2 Å². The molecule has 1 aromatic carbocycles. The van der Waals surface area contributed by atoms with E-state index < -0.39 is 0 Å².